The Balaban J connectivity index is 1.34. The monoisotopic (exact) mass is 370 g/mol. The molecular formula is C19H26N6O2. The molecule has 0 N–H and O–H groups in total. The van der Waals surface area contributed by atoms with Crippen molar-refractivity contribution in [1.29, 1.82) is 0 Å². The lowest BCUT2D eigenvalue weighted by molar-refractivity contribution is -0.132. The van der Waals surface area contributed by atoms with Gasteiger partial charge in [-0.1, -0.05) is 0 Å². The van der Waals surface area contributed by atoms with Crippen molar-refractivity contribution in [3.8, 4) is 0 Å². The number of methoxy groups -OCH3 is 1. The average Bonchev–Trinajstić information content (AvgIpc) is 3.28. The van der Waals surface area contributed by atoms with Crippen molar-refractivity contribution in [3.63, 3.8) is 0 Å². The molecule has 144 valence electrons. The van der Waals surface area contributed by atoms with Gasteiger partial charge >= 0.3 is 0 Å². The van der Waals surface area contributed by atoms with Crippen LogP contribution in [0.3, 0.4) is 0 Å². The highest BCUT2D eigenvalue weighted by molar-refractivity contribution is 5.78. The van der Waals surface area contributed by atoms with Crippen LogP contribution in [0.15, 0.2) is 24.5 Å². The fourth-order valence-corrected chi connectivity index (χ4v) is 3.94. The highest BCUT2D eigenvalue weighted by Crippen LogP contribution is 2.20. The second kappa shape index (κ2) is 8.14. The zero-order chi connectivity index (χ0) is 18.6. The number of likely N-dealkylation sites (tertiary alicyclic amines) is 1. The van der Waals surface area contributed by atoms with E-state index in [2.05, 4.69) is 20.9 Å². The Morgan fingerprint density at radius 3 is 2.93 bits per heavy atom. The van der Waals surface area contributed by atoms with Gasteiger partial charge in [-0.15, -0.1) is 0 Å². The number of carbonyl (C=O) groups excluding carboxylic acids is 1. The predicted molar refractivity (Wildman–Crippen MR) is 98.6 cm³/mol. The van der Waals surface area contributed by atoms with Crippen molar-refractivity contribution in [2.45, 2.75) is 32.5 Å². The van der Waals surface area contributed by atoms with Crippen molar-refractivity contribution < 1.29 is 9.53 Å². The molecule has 0 saturated carbocycles. The first kappa shape index (κ1) is 18.1. The first-order chi connectivity index (χ1) is 13.2. The maximum absolute atomic E-state index is 12.6. The number of amides is 1. The van der Waals surface area contributed by atoms with Gasteiger partial charge < -0.3 is 9.64 Å². The number of carbonyl (C=O) groups is 1. The summed E-state index contributed by atoms with van der Waals surface area (Å²) < 4.78 is 7.32. The van der Waals surface area contributed by atoms with Gasteiger partial charge in [0.05, 0.1) is 37.5 Å². The van der Waals surface area contributed by atoms with Gasteiger partial charge in [-0.2, -0.15) is 5.10 Å². The Labute approximate surface area is 159 Å². The van der Waals surface area contributed by atoms with E-state index in [0.29, 0.717) is 24.8 Å². The van der Waals surface area contributed by atoms with Crippen LogP contribution in [0, 0.1) is 5.92 Å². The minimum Gasteiger partial charge on any atom is -0.384 e. The third-order valence-corrected chi connectivity index (χ3v) is 5.29. The van der Waals surface area contributed by atoms with Crippen LogP contribution in [-0.2, 0) is 35.6 Å². The zero-order valence-electron chi connectivity index (χ0n) is 15.8. The Morgan fingerprint density at radius 1 is 1.26 bits per heavy atom. The summed E-state index contributed by atoms with van der Waals surface area (Å²) in [6, 6.07) is 3.90. The van der Waals surface area contributed by atoms with Crippen LogP contribution in [0.1, 0.15) is 23.6 Å². The lowest BCUT2D eigenvalue weighted by Gasteiger charge is -2.27. The normalized spacial score (nSPS) is 20.0. The Bertz CT molecular complexity index is 778. The van der Waals surface area contributed by atoms with E-state index in [0.717, 1.165) is 44.2 Å². The fraction of sp³-hybridized carbons (Fsp3) is 0.579. The van der Waals surface area contributed by atoms with Gasteiger partial charge in [-0.25, -0.2) is 9.97 Å². The topological polar surface area (TPSA) is 76.4 Å². The Kier molecular flexibility index (Phi) is 5.45. The van der Waals surface area contributed by atoms with Gasteiger partial charge in [0.1, 0.15) is 5.82 Å². The molecule has 2 aliphatic heterocycles. The maximum atomic E-state index is 12.6. The lowest BCUT2D eigenvalue weighted by Crippen LogP contribution is -2.39. The number of nitrogens with zero attached hydrogens (tertiary/aromatic N) is 6. The Morgan fingerprint density at radius 2 is 2.11 bits per heavy atom. The molecule has 8 nitrogen and oxygen atoms in total. The van der Waals surface area contributed by atoms with Crippen LogP contribution < -0.4 is 0 Å². The summed E-state index contributed by atoms with van der Waals surface area (Å²) in [6.07, 6.45) is 4.77. The van der Waals surface area contributed by atoms with Crippen LogP contribution in [0.25, 0.3) is 0 Å². The van der Waals surface area contributed by atoms with E-state index >= 15 is 0 Å². The molecule has 0 radical (unpaired) electrons. The first-order valence-electron chi connectivity index (χ1n) is 9.52. The molecule has 0 aromatic carbocycles. The number of fused-ring (bicyclic) bond motifs is 1. The fourth-order valence-electron chi connectivity index (χ4n) is 3.94. The smallest absolute Gasteiger partial charge is 0.230 e. The van der Waals surface area contributed by atoms with Crippen molar-refractivity contribution in [2.24, 2.45) is 5.92 Å². The third-order valence-electron chi connectivity index (χ3n) is 5.29. The lowest BCUT2D eigenvalue weighted by atomic mass is 10.1. The van der Waals surface area contributed by atoms with Crippen LogP contribution in [0.5, 0.6) is 0 Å². The molecule has 1 fully saturated rings. The molecular weight excluding hydrogens is 344 g/mol. The number of hydrogen-bond donors (Lipinski definition) is 0. The molecule has 1 amide bonds. The summed E-state index contributed by atoms with van der Waals surface area (Å²) >= 11 is 0. The second-order valence-electron chi connectivity index (χ2n) is 7.35. The van der Waals surface area contributed by atoms with Crippen LogP contribution in [0.2, 0.25) is 0 Å². The van der Waals surface area contributed by atoms with Gasteiger partial charge in [0, 0.05) is 39.1 Å². The van der Waals surface area contributed by atoms with E-state index in [1.165, 1.54) is 6.42 Å². The molecule has 27 heavy (non-hydrogen) atoms. The Hall–Kier alpha value is -2.32. The van der Waals surface area contributed by atoms with Gasteiger partial charge in [-0.3, -0.25) is 14.4 Å². The number of hydrogen-bond acceptors (Lipinski definition) is 6. The largest absolute Gasteiger partial charge is 0.384 e. The highest BCUT2D eigenvalue weighted by Gasteiger charge is 2.26. The molecule has 1 atom stereocenters. The third kappa shape index (κ3) is 4.33. The summed E-state index contributed by atoms with van der Waals surface area (Å²) in [5.74, 6) is 1.26. The van der Waals surface area contributed by atoms with Gasteiger partial charge in [0.15, 0.2) is 0 Å². The van der Waals surface area contributed by atoms with Crippen LogP contribution >= 0.6 is 0 Å². The van der Waals surface area contributed by atoms with Crippen molar-refractivity contribution in [1.82, 2.24) is 29.5 Å². The van der Waals surface area contributed by atoms with E-state index in [4.69, 9.17) is 9.84 Å². The summed E-state index contributed by atoms with van der Waals surface area (Å²) in [4.78, 5) is 25.2. The van der Waals surface area contributed by atoms with Gasteiger partial charge in [0.2, 0.25) is 5.91 Å². The average molecular weight is 370 g/mol. The number of aromatic nitrogens is 4. The molecule has 4 rings (SSSR count). The molecule has 4 heterocycles. The zero-order valence-corrected chi connectivity index (χ0v) is 15.8. The molecule has 0 bridgehead atoms. The molecule has 2 aromatic heterocycles. The molecule has 1 unspecified atom stereocenters. The molecule has 2 aromatic rings. The van der Waals surface area contributed by atoms with Crippen LogP contribution in [0.4, 0.5) is 0 Å². The van der Waals surface area contributed by atoms with Crippen molar-refractivity contribution in [2.75, 3.05) is 33.4 Å². The standard InChI is InChI=1S/C19H26N6O2/c1-27-14-15-3-6-23(11-15)12-16-9-17-13-24(7-8-25(17)22-16)19(26)10-18-20-4-2-5-21-18/h2,4-5,9,15H,3,6-8,10-14H2,1H3. The van der Waals surface area contributed by atoms with E-state index in [1.54, 1.807) is 25.6 Å². The summed E-state index contributed by atoms with van der Waals surface area (Å²) in [7, 11) is 1.77. The second-order valence-corrected chi connectivity index (χ2v) is 7.35. The SMILES string of the molecule is COCC1CCN(Cc2cc3n(n2)CCN(C(=O)Cc2ncccn2)C3)C1. The summed E-state index contributed by atoms with van der Waals surface area (Å²) in [5.41, 5.74) is 2.19. The van der Waals surface area contributed by atoms with Gasteiger partial charge in [0.25, 0.3) is 0 Å². The molecule has 1 saturated heterocycles. The quantitative estimate of drug-likeness (QED) is 0.746. The molecule has 8 heteroatoms. The first-order valence-corrected chi connectivity index (χ1v) is 9.52. The minimum absolute atomic E-state index is 0.0668. The van der Waals surface area contributed by atoms with E-state index in [-0.39, 0.29) is 12.3 Å². The predicted octanol–water partition coefficient (Wildman–Crippen LogP) is 0.726. The van der Waals surface area contributed by atoms with E-state index in [1.807, 2.05) is 9.58 Å². The van der Waals surface area contributed by atoms with E-state index in [9.17, 15) is 4.79 Å². The molecule has 0 aliphatic carbocycles. The molecule has 0 spiro atoms. The minimum atomic E-state index is 0.0668. The van der Waals surface area contributed by atoms with E-state index < -0.39 is 0 Å². The maximum Gasteiger partial charge on any atom is 0.230 e. The van der Waals surface area contributed by atoms with Crippen molar-refractivity contribution in [3.05, 3.63) is 41.7 Å². The number of ether oxygens (including phenoxy) is 1. The number of rotatable bonds is 6. The van der Waals surface area contributed by atoms with Gasteiger partial charge in [-0.05, 0) is 31.0 Å². The van der Waals surface area contributed by atoms with Crippen LogP contribution in [-0.4, -0.2) is 68.8 Å². The molecule has 2 aliphatic rings. The summed E-state index contributed by atoms with van der Waals surface area (Å²) in [6.45, 7) is 5.88. The highest BCUT2D eigenvalue weighted by atomic mass is 16.5. The summed E-state index contributed by atoms with van der Waals surface area (Å²) in [5, 5.41) is 4.74. The van der Waals surface area contributed by atoms with Crippen molar-refractivity contribution >= 4 is 5.91 Å².